The van der Waals surface area contributed by atoms with Crippen LogP contribution in [0, 0.1) is 0 Å². The van der Waals surface area contributed by atoms with Crippen molar-refractivity contribution in [2.45, 2.75) is 51.0 Å². The summed E-state index contributed by atoms with van der Waals surface area (Å²) >= 11 is 0. The summed E-state index contributed by atoms with van der Waals surface area (Å²) in [5.41, 5.74) is 0.798. The minimum Gasteiger partial charge on any atom is -0.353 e. The average Bonchev–Trinajstić information content (AvgIpc) is 3.17. The van der Waals surface area contributed by atoms with Crippen molar-refractivity contribution in [1.82, 2.24) is 5.32 Å². The first-order chi connectivity index (χ1) is 8.23. The summed E-state index contributed by atoms with van der Waals surface area (Å²) in [6.45, 7) is 4.20. The minimum absolute atomic E-state index is 0.205. The van der Waals surface area contributed by atoms with Gasteiger partial charge < -0.3 is 5.32 Å². The van der Waals surface area contributed by atoms with Gasteiger partial charge in [0, 0.05) is 6.04 Å². The maximum absolute atomic E-state index is 12.5. The molecule has 1 amide bonds. The second-order valence-corrected chi connectivity index (χ2v) is 4.90. The van der Waals surface area contributed by atoms with Crippen molar-refractivity contribution in [2.24, 2.45) is 0 Å². The molecule has 1 aliphatic carbocycles. The van der Waals surface area contributed by atoms with Crippen molar-refractivity contribution < 1.29 is 4.79 Å². The average molecular weight is 231 g/mol. The Morgan fingerprint density at radius 3 is 2.29 bits per heavy atom. The molecule has 92 valence electrons. The molecule has 1 fully saturated rings. The van der Waals surface area contributed by atoms with Crippen LogP contribution in [0.2, 0.25) is 0 Å². The highest BCUT2D eigenvalue weighted by Crippen LogP contribution is 2.33. The summed E-state index contributed by atoms with van der Waals surface area (Å²) in [5.74, 6) is 0.205. The van der Waals surface area contributed by atoms with Crippen LogP contribution in [0.5, 0.6) is 0 Å². The van der Waals surface area contributed by atoms with Crippen LogP contribution >= 0.6 is 0 Å². The summed E-state index contributed by atoms with van der Waals surface area (Å²) in [7, 11) is 0. The van der Waals surface area contributed by atoms with Gasteiger partial charge in [-0.2, -0.15) is 0 Å². The fourth-order valence-corrected chi connectivity index (χ4v) is 2.42. The summed E-state index contributed by atoms with van der Waals surface area (Å²) in [6.07, 6.45) is 3.99. The number of benzene rings is 1. The molecule has 2 heteroatoms. The standard InChI is InChI=1S/C15H21NO/c1-3-15(4-2,12-8-6-5-7-9-12)14(17)16-13-10-11-13/h5-9,13H,3-4,10-11H2,1-2H3,(H,16,17). The Balaban J connectivity index is 2.27. The lowest BCUT2D eigenvalue weighted by Gasteiger charge is -2.31. The fraction of sp³-hybridized carbons (Fsp3) is 0.533. The Bertz CT molecular complexity index is 377. The van der Waals surface area contributed by atoms with Crippen molar-refractivity contribution in [1.29, 1.82) is 0 Å². The zero-order valence-corrected chi connectivity index (χ0v) is 10.7. The number of amides is 1. The van der Waals surface area contributed by atoms with E-state index in [1.165, 1.54) is 0 Å². The molecule has 0 spiro atoms. The lowest BCUT2D eigenvalue weighted by Crippen LogP contribution is -2.44. The highest BCUT2D eigenvalue weighted by atomic mass is 16.2. The van der Waals surface area contributed by atoms with Gasteiger partial charge in [0.15, 0.2) is 0 Å². The molecule has 0 unspecified atom stereocenters. The Labute approximate surface area is 103 Å². The first-order valence-electron chi connectivity index (χ1n) is 6.59. The highest BCUT2D eigenvalue weighted by Gasteiger charge is 2.39. The number of hydrogen-bond donors (Lipinski definition) is 1. The molecule has 0 bridgehead atoms. The number of hydrogen-bond acceptors (Lipinski definition) is 1. The largest absolute Gasteiger partial charge is 0.353 e. The molecule has 0 saturated heterocycles. The maximum Gasteiger partial charge on any atom is 0.230 e. The second kappa shape index (κ2) is 4.91. The molecular weight excluding hydrogens is 210 g/mol. The van der Waals surface area contributed by atoms with Gasteiger partial charge in [-0.25, -0.2) is 0 Å². The molecule has 2 nitrogen and oxygen atoms in total. The second-order valence-electron chi connectivity index (χ2n) is 4.90. The molecular formula is C15H21NO. The molecule has 17 heavy (non-hydrogen) atoms. The molecule has 0 aliphatic heterocycles. The van der Waals surface area contributed by atoms with Gasteiger partial charge in [0.05, 0.1) is 5.41 Å². The van der Waals surface area contributed by atoms with Gasteiger partial charge in [0.2, 0.25) is 5.91 Å². The van der Waals surface area contributed by atoms with Crippen LogP contribution < -0.4 is 5.32 Å². The summed E-state index contributed by atoms with van der Waals surface area (Å²) in [5, 5.41) is 3.16. The summed E-state index contributed by atoms with van der Waals surface area (Å²) in [6, 6.07) is 10.6. The SMILES string of the molecule is CCC(CC)(C(=O)NC1CC1)c1ccccc1. The van der Waals surface area contributed by atoms with Gasteiger partial charge >= 0.3 is 0 Å². The van der Waals surface area contributed by atoms with Crippen LogP contribution in [0.3, 0.4) is 0 Å². The molecule has 0 radical (unpaired) electrons. The predicted octanol–water partition coefficient (Wildman–Crippen LogP) is 3.02. The summed E-state index contributed by atoms with van der Waals surface area (Å²) < 4.78 is 0. The first-order valence-corrected chi connectivity index (χ1v) is 6.59. The molecule has 0 aromatic heterocycles. The van der Waals surface area contributed by atoms with E-state index in [4.69, 9.17) is 0 Å². The quantitative estimate of drug-likeness (QED) is 0.829. The highest BCUT2D eigenvalue weighted by molar-refractivity contribution is 5.88. The van der Waals surface area contributed by atoms with Crippen molar-refractivity contribution in [3.05, 3.63) is 35.9 Å². The Morgan fingerprint density at radius 1 is 1.24 bits per heavy atom. The van der Waals surface area contributed by atoms with Gasteiger partial charge in [-0.15, -0.1) is 0 Å². The minimum atomic E-state index is -0.343. The van der Waals surface area contributed by atoms with E-state index in [2.05, 4.69) is 31.3 Å². The zero-order chi connectivity index (χ0) is 12.3. The Hall–Kier alpha value is -1.31. The van der Waals surface area contributed by atoms with E-state index in [0.29, 0.717) is 6.04 Å². The fourth-order valence-electron chi connectivity index (χ4n) is 2.42. The normalized spacial score (nSPS) is 15.6. The third-order valence-electron chi connectivity index (χ3n) is 3.88. The Kier molecular flexibility index (Phi) is 3.51. The molecule has 2 rings (SSSR count). The van der Waals surface area contributed by atoms with Gasteiger partial charge in [0.1, 0.15) is 0 Å². The number of carbonyl (C=O) groups excluding carboxylic acids is 1. The smallest absolute Gasteiger partial charge is 0.230 e. The Morgan fingerprint density at radius 2 is 1.82 bits per heavy atom. The van der Waals surface area contributed by atoms with Crippen molar-refractivity contribution >= 4 is 5.91 Å². The van der Waals surface area contributed by atoms with Crippen molar-refractivity contribution in [3.63, 3.8) is 0 Å². The number of rotatable bonds is 5. The molecule has 0 atom stereocenters. The van der Waals surface area contributed by atoms with E-state index >= 15 is 0 Å². The van der Waals surface area contributed by atoms with Crippen LogP contribution in [0.4, 0.5) is 0 Å². The van der Waals surface area contributed by atoms with Crippen molar-refractivity contribution in [3.8, 4) is 0 Å². The lowest BCUT2D eigenvalue weighted by atomic mass is 9.75. The summed E-state index contributed by atoms with van der Waals surface area (Å²) in [4.78, 5) is 12.5. The monoisotopic (exact) mass is 231 g/mol. The van der Waals surface area contributed by atoms with Gasteiger partial charge in [-0.1, -0.05) is 44.2 Å². The first kappa shape index (κ1) is 12.2. The van der Waals surface area contributed by atoms with E-state index in [1.807, 2.05) is 18.2 Å². The lowest BCUT2D eigenvalue weighted by molar-refractivity contribution is -0.127. The number of nitrogens with one attached hydrogen (secondary N) is 1. The van der Waals surface area contributed by atoms with E-state index in [-0.39, 0.29) is 11.3 Å². The topological polar surface area (TPSA) is 29.1 Å². The van der Waals surface area contributed by atoms with Crippen molar-refractivity contribution in [2.75, 3.05) is 0 Å². The molecule has 1 aliphatic rings. The van der Waals surface area contributed by atoms with E-state index in [1.54, 1.807) is 0 Å². The predicted molar refractivity (Wildman–Crippen MR) is 69.9 cm³/mol. The van der Waals surface area contributed by atoms with Crippen LogP contribution in [-0.2, 0) is 10.2 Å². The van der Waals surface area contributed by atoms with E-state index in [9.17, 15) is 4.79 Å². The van der Waals surface area contributed by atoms with E-state index in [0.717, 1.165) is 31.2 Å². The third kappa shape index (κ3) is 2.36. The third-order valence-corrected chi connectivity index (χ3v) is 3.88. The van der Waals surface area contributed by atoms with Crippen LogP contribution in [-0.4, -0.2) is 11.9 Å². The van der Waals surface area contributed by atoms with Gasteiger partial charge in [-0.05, 0) is 31.2 Å². The molecule has 1 aromatic rings. The molecule has 0 heterocycles. The molecule has 1 aromatic carbocycles. The van der Waals surface area contributed by atoms with Gasteiger partial charge in [0.25, 0.3) is 0 Å². The van der Waals surface area contributed by atoms with Crippen LogP contribution in [0.1, 0.15) is 45.1 Å². The number of carbonyl (C=O) groups is 1. The zero-order valence-electron chi connectivity index (χ0n) is 10.7. The van der Waals surface area contributed by atoms with Gasteiger partial charge in [-0.3, -0.25) is 4.79 Å². The molecule has 1 saturated carbocycles. The maximum atomic E-state index is 12.5. The van der Waals surface area contributed by atoms with Crippen LogP contribution in [0.15, 0.2) is 30.3 Å². The molecule has 1 N–H and O–H groups in total. The van der Waals surface area contributed by atoms with E-state index < -0.39 is 0 Å². The van der Waals surface area contributed by atoms with Crippen LogP contribution in [0.25, 0.3) is 0 Å².